The monoisotopic (exact) mass is 414 g/mol. The summed E-state index contributed by atoms with van der Waals surface area (Å²) in [6.45, 7) is 2.04. The van der Waals surface area contributed by atoms with Crippen LogP contribution < -0.4 is 0 Å². The number of alkyl halides is 1. The second-order valence-electron chi connectivity index (χ2n) is 4.84. The van der Waals surface area contributed by atoms with Gasteiger partial charge < -0.3 is 0 Å². The first-order valence-electron chi connectivity index (χ1n) is 6.60. The van der Waals surface area contributed by atoms with Gasteiger partial charge in [-0.1, -0.05) is 12.1 Å². The lowest BCUT2D eigenvalue weighted by molar-refractivity contribution is 0.626. The second-order valence-corrected chi connectivity index (χ2v) is 6.38. The molecule has 3 rings (SSSR count). The van der Waals surface area contributed by atoms with Crippen molar-refractivity contribution >= 4 is 45.2 Å². The van der Waals surface area contributed by atoms with Crippen molar-refractivity contribution < 1.29 is 4.39 Å². The van der Waals surface area contributed by atoms with E-state index >= 15 is 0 Å². The fraction of sp³-hybridized carbons (Fsp3) is 0.188. The first kappa shape index (κ1) is 14.8. The summed E-state index contributed by atoms with van der Waals surface area (Å²) in [5.74, 6) is 1.17. The number of benzene rings is 2. The van der Waals surface area contributed by atoms with Gasteiger partial charge in [0.25, 0.3) is 0 Å². The van der Waals surface area contributed by atoms with E-state index in [-0.39, 0.29) is 5.82 Å². The van der Waals surface area contributed by atoms with Gasteiger partial charge in [0.1, 0.15) is 11.6 Å². The topological polar surface area (TPSA) is 17.8 Å². The van der Waals surface area contributed by atoms with E-state index in [1.807, 2.05) is 25.1 Å². The highest BCUT2D eigenvalue weighted by molar-refractivity contribution is 14.1. The van der Waals surface area contributed by atoms with Crippen molar-refractivity contribution in [2.75, 3.05) is 5.88 Å². The van der Waals surface area contributed by atoms with Crippen LogP contribution >= 0.6 is 34.2 Å². The van der Waals surface area contributed by atoms with Crippen LogP contribution in [0.1, 0.15) is 11.4 Å². The van der Waals surface area contributed by atoms with E-state index in [1.54, 1.807) is 6.07 Å². The van der Waals surface area contributed by atoms with Crippen molar-refractivity contribution in [3.05, 3.63) is 57.2 Å². The normalized spacial score (nSPS) is 11.2. The average molecular weight is 415 g/mol. The molecule has 3 aromatic rings. The predicted molar refractivity (Wildman–Crippen MR) is 92.9 cm³/mol. The summed E-state index contributed by atoms with van der Waals surface area (Å²) in [5.41, 5.74) is 4.06. The van der Waals surface area contributed by atoms with Gasteiger partial charge in [-0.15, -0.1) is 11.6 Å². The number of imidazole rings is 1. The molecular formula is C16H13ClFIN2. The lowest BCUT2D eigenvalue weighted by Gasteiger charge is -2.11. The second kappa shape index (κ2) is 5.93. The quantitative estimate of drug-likeness (QED) is 0.442. The van der Waals surface area contributed by atoms with E-state index in [1.165, 1.54) is 12.1 Å². The number of hydrogen-bond acceptors (Lipinski definition) is 1. The van der Waals surface area contributed by atoms with Crippen molar-refractivity contribution in [3.8, 4) is 5.69 Å². The maximum absolute atomic E-state index is 13.4. The number of aryl methyl sites for hydroxylation is 2. The van der Waals surface area contributed by atoms with Crippen LogP contribution in [0.5, 0.6) is 0 Å². The summed E-state index contributed by atoms with van der Waals surface area (Å²) < 4.78 is 16.3. The molecule has 0 aliphatic rings. The molecule has 2 aromatic carbocycles. The summed E-state index contributed by atoms with van der Waals surface area (Å²) in [6, 6.07) is 10.9. The van der Waals surface area contributed by atoms with Crippen LogP contribution in [-0.2, 0) is 6.42 Å². The van der Waals surface area contributed by atoms with Crippen molar-refractivity contribution in [3.63, 3.8) is 0 Å². The first-order valence-corrected chi connectivity index (χ1v) is 8.21. The molecule has 0 aliphatic heterocycles. The van der Waals surface area contributed by atoms with Gasteiger partial charge in [-0.3, -0.25) is 4.57 Å². The minimum Gasteiger partial charge on any atom is -0.295 e. The molecular weight excluding hydrogens is 402 g/mol. The number of hydrogen-bond donors (Lipinski definition) is 0. The van der Waals surface area contributed by atoms with Crippen LogP contribution in [0.15, 0.2) is 36.4 Å². The minimum atomic E-state index is -0.234. The van der Waals surface area contributed by atoms with E-state index in [2.05, 4.69) is 27.2 Å². The summed E-state index contributed by atoms with van der Waals surface area (Å²) in [5, 5.41) is 0. The van der Waals surface area contributed by atoms with E-state index in [0.717, 1.165) is 31.7 Å². The fourth-order valence-corrected chi connectivity index (χ4v) is 3.36. The Morgan fingerprint density at radius 3 is 2.81 bits per heavy atom. The number of aromatic nitrogens is 2. The average Bonchev–Trinajstić information content (AvgIpc) is 2.79. The number of para-hydroxylation sites is 1. The first-order chi connectivity index (χ1) is 10.1. The molecule has 2 nitrogen and oxygen atoms in total. The molecule has 1 aromatic heterocycles. The van der Waals surface area contributed by atoms with Gasteiger partial charge in [0, 0.05) is 15.9 Å². The molecule has 0 aliphatic carbocycles. The zero-order chi connectivity index (χ0) is 15.0. The number of nitrogens with zero attached hydrogens (tertiary/aromatic N) is 2. The van der Waals surface area contributed by atoms with Gasteiger partial charge in [0.2, 0.25) is 0 Å². The maximum Gasteiger partial charge on any atom is 0.124 e. The van der Waals surface area contributed by atoms with Gasteiger partial charge in [-0.25, -0.2) is 9.37 Å². The molecule has 0 amide bonds. The Hall–Kier alpha value is -1.14. The third-order valence-electron chi connectivity index (χ3n) is 3.43. The summed E-state index contributed by atoms with van der Waals surface area (Å²) in [7, 11) is 0. The smallest absolute Gasteiger partial charge is 0.124 e. The minimum absolute atomic E-state index is 0.234. The Morgan fingerprint density at radius 1 is 1.29 bits per heavy atom. The van der Waals surface area contributed by atoms with E-state index < -0.39 is 0 Å². The highest BCUT2D eigenvalue weighted by atomic mass is 127. The molecule has 0 spiro atoms. The molecule has 0 saturated carbocycles. The van der Waals surface area contributed by atoms with Crippen LogP contribution in [0.4, 0.5) is 4.39 Å². The van der Waals surface area contributed by atoms with E-state index in [4.69, 9.17) is 16.6 Å². The predicted octanol–water partition coefficient (Wildman–Crippen LogP) is 4.86. The number of fused-ring (bicyclic) bond motifs is 1. The SMILES string of the molecule is Cc1cccc2c1nc(CCCl)n2-c1ccc(F)cc1I. The third-order valence-corrected chi connectivity index (χ3v) is 4.48. The largest absolute Gasteiger partial charge is 0.295 e. The van der Waals surface area contributed by atoms with Crippen molar-refractivity contribution in [2.24, 2.45) is 0 Å². The van der Waals surface area contributed by atoms with Gasteiger partial charge >= 0.3 is 0 Å². The lowest BCUT2D eigenvalue weighted by Crippen LogP contribution is -2.04. The van der Waals surface area contributed by atoms with Gasteiger partial charge in [0.15, 0.2) is 0 Å². The molecule has 108 valence electrons. The Labute approximate surface area is 141 Å². The van der Waals surface area contributed by atoms with Crippen LogP contribution in [0.3, 0.4) is 0 Å². The van der Waals surface area contributed by atoms with E-state index in [9.17, 15) is 4.39 Å². The van der Waals surface area contributed by atoms with Gasteiger partial charge in [-0.2, -0.15) is 0 Å². The Balaban J connectivity index is 2.33. The summed E-state index contributed by atoms with van der Waals surface area (Å²) in [6.07, 6.45) is 0.670. The van der Waals surface area contributed by atoms with Crippen molar-refractivity contribution in [1.29, 1.82) is 0 Å². The standard InChI is InChI=1S/C16H13ClFIN2/c1-10-3-2-4-14-16(10)20-15(7-8-17)21(14)13-6-5-11(18)9-12(13)19/h2-6,9H,7-8H2,1H3. The maximum atomic E-state index is 13.4. The van der Waals surface area contributed by atoms with Crippen LogP contribution in [0, 0.1) is 16.3 Å². The highest BCUT2D eigenvalue weighted by Gasteiger charge is 2.15. The van der Waals surface area contributed by atoms with Crippen LogP contribution in [-0.4, -0.2) is 15.4 Å². The number of halogens is 3. The molecule has 0 saturated heterocycles. The van der Waals surface area contributed by atoms with Gasteiger partial charge in [0.05, 0.1) is 16.7 Å². The Bertz CT molecular complexity index is 813. The molecule has 1 heterocycles. The fourth-order valence-electron chi connectivity index (χ4n) is 2.47. The third kappa shape index (κ3) is 2.66. The summed E-state index contributed by atoms with van der Waals surface area (Å²) >= 11 is 8.06. The Morgan fingerprint density at radius 2 is 2.10 bits per heavy atom. The lowest BCUT2D eigenvalue weighted by atomic mass is 10.2. The van der Waals surface area contributed by atoms with Crippen molar-refractivity contribution in [1.82, 2.24) is 9.55 Å². The molecule has 21 heavy (non-hydrogen) atoms. The molecule has 5 heteroatoms. The van der Waals surface area contributed by atoms with Crippen LogP contribution in [0.25, 0.3) is 16.7 Å². The number of rotatable bonds is 3. The Kier molecular flexibility index (Phi) is 4.17. The zero-order valence-corrected chi connectivity index (χ0v) is 14.3. The molecule has 0 radical (unpaired) electrons. The zero-order valence-electron chi connectivity index (χ0n) is 11.4. The van der Waals surface area contributed by atoms with Crippen molar-refractivity contribution in [2.45, 2.75) is 13.3 Å². The molecule has 0 unspecified atom stereocenters. The van der Waals surface area contributed by atoms with Crippen LogP contribution in [0.2, 0.25) is 0 Å². The van der Waals surface area contributed by atoms with Gasteiger partial charge in [-0.05, 0) is 59.3 Å². The molecule has 0 N–H and O–H groups in total. The molecule has 0 bridgehead atoms. The highest BCUT2D eigenvalue weighted by Crippen LogP contribution is 2.27. The van der Waals surface area contributed by atoms with E-state index in [0.29, 0.717) is 12.3 Å². The summed E-state index contributed by atoms with van der Waals surface area (Å²) in [4.78, 5) is 4.72. The molecule has 0 atom stereocenters. The molecule has 0 fully saturated rings.